The molecule has 1 saturated heterocycles. The second kappa shape index (κ2) is 6.61. The molecule has 1 aliphatic heterocycles. The van der Waals surface area contributed by atoms with E-state index >= 15 is 0 Å². The maximum Gasteiger partial charge on any atom is 0.239 e. The molecule has 1 aliphatic rings. The van der Waals surface area contributed by atoms with E-state index < -0.39 is 5.92 Å². The lowest BCUT2D eigenvalue weighted by Crippen LogP contribution is -2.37. The van der Waals surface area contributed by atoms with E-state index in [1.54, 1.807) is 16.7 Å². The third-order valence-electron chi connectivity index (χ3n) is 3.20. The first-order valence-corrected chi connectivity index (χ1v) is 7.76. The Balaban J connectivity index is 1.96. The van der Waals surface area contributed by atoms with E-state index in [4.69, 9.17) is 0 Å². The van der Waals surface area contributed by atoms with Gasteiger partial charge in [0, 0.05) is 24.5 Å². The summed E-state index contributed by atoms with van der Waals surface area (Å²) in [5, 5.41) is 2.82. The van der Waals surface area contributed by atoms with Gasteiger partial charge in [0.05, 0.1) is 0 Å². The van der Waals surface area contributed by atoms with Gasteiger partial charge < -0.3 is 10.2 Å². The Kier molecular flexibility index (Phi) is 4.85. The van der Waals surface area contributed by atoms with Crippen molar-refractivity contribution in [1.82, 2.24) is 5.32 Å². The predicted octanol–water partition coefficient (Wildman–Crippen LogP) is 1.52. The number of carbonyl (C=O) groups excluding carboxylic acids is 2. The third kappa shape index (κ3) is 3.29. The zero-order valence-electron chi connectivity index (χ0n) is 11.0. The Hall–Kier alpha value is -1.49. The number of anilines is 1. The number of carbonyl (C=O) groups is 2. The fourth-order valence-corrected chi connectivity index (χ4v) is 2.49. The average Bonchev–Trinajstić information content (AvgIpc) is 2.82. The van der Waals surface area contributed by atoms with Crippen LogP contribution in [0.2, 0.25) is 0 Å². The maximum absolute atomic E-state index is 12.2. The van der Waals surface area contributed by atoms with Crippen LogP contribution >= 0.6 is 11.8 Å². The summed E-state index contributed by atoms with van der Waals surface area (Å²) in [5.74, 6) is 0.113. The van der Waals surface area contributed by atoms with Crippen molar-refractivity contribution in [1.29, 1.82) is 0 Å². The van der Waals surface area contributed by atoms with Crippen molar-refractivity contribution in [3.63, 3.8) is 0 Å². The number of amides is 2. The molecule has 1 heterocycles. The summed E-state index contributed by atoms with van der Waals surface area (Å²) >= 11 is 1.67. The van der Waals surface area contributed by atoms with Crippen molar-refractivity contribution < 1.29 is 9.59 Å². The Bertz CT molecular complexity index is 450. The second-order valence-corrected chi connectivity index (χ2v) is 5.44. The predicted molar refractivity (Wildman–Crippen MR) is 78.3 cm³/mol. The van der Waals surface area contributed by atoms with Crippen molar-refractivity contribution in [2.24, 2.45) is 5.92 Å². The highest BCUT2D eigenvalue weighted by molar-refractivity contribution is 7.98. The van der Waals surface area contributed by atoms with Crippen LogP contribution in [0.1, 0.15) is 6.42 Å². The number of nitrogens with one attached hydrogen (secondary N) is 1. The van der Waals surface area contributed by atoms with Crippen molar-refractivity contribution in [3.05, 3.63) is 30.3 Å². The molecule has 0 aromatic heterocycles. The minimum atomic E-state index is -0.526. The zero-order valence-corrected chi connectivity index (χ0v) is 11.8. The second-order valence-electron chi connectivity index (χ2n) is 4.45. The van der Waals surface area contributed by atoms with Gasteiger partial charge in [0.25, 0.3) is 0 Å². The average molecular weight is 278 g/mol. The normalized spacial score (nSPS) is 18.7. The summed E-state index contributed by atoms with van der Waals surface area (Å²) in [4.78, 5) is 25.9. The molecule has 0 radical (unpaired) electrons. The maximum atomic E-state index is 12.2. The molecule has 5 heteroatoms. The highest BCUT2D eigenvalue weighted by atomic mass is 32.2. The Labute approximate surface area is 117 Å². The SMILES string of the molecule is CSCCNC(=O)C1CCN(c2ccccc2)C1=O. The quantitative estimate of drug-likeness (QED) is 0.656. The van der Waals surface area contributed by atoms with E-state index in [1.165, 1.54) is 0 Å². The number of benzene rings is 1. The van der Waals surface area contributed by atoms with Crippen LogP contribution in [0.25, 0.3) is 0 Å². The minimum Gasteiger partial charge on any atom is -0.355 e. The number of thioether (sulfide) groups is 1. The fraction of sp³-hybridized carbons (Fsp3) is 0.429. The van der Waals surface area contributed by atoms with Gasteiger partial charge in [-0.05, 0) is 24.8 Å². The van der Waals surface area contributed by atoms with Gasteiger partial charge in [-0.25, -0.2) is 0 Å². The van der Waals surface area contributed by atoms with Crippen LogP contribution in [0.15, 0.2) is 30.3 Å². The van der Waals surface area contributed by atoms with Gasteiger partial charge in [-0.15, -0.1) is 0 Å². The van der Waals surface area contributed by atoms with Gasteiger partial charge in [-0.1, -0.05) is 18.2 Å². The van der Waals surface area contributed by atoms with Crippen molar-refractivity contribution >= 4 is 29.3 Å². The molecule has 2 rings (SSSR count). The molecule has 4 nitrogen and oxygen atoms in total. The monoisotopic (exact) mass is 278 g/mol. The lowest BCUT2D eigenvalue weighted by Gasteiger charge is -2.16. The molecule has 0 saturated carbocycles. The molecule has 1 aromatic rings. The number of hydrogen-bond donors (Lipinski definition) is 1. The smallest absolute Gasteiger partial charge is 0.239 e. The lowest BCUT2D eigenvalue weighted by atomic mass is 10.1. The summed E-state index contributed by atoms with van der Waals surface area (Å²) in [6.07, 6.45) is 2.59. The molecule has 1 unspecified atom stereocenters. The Morgan fingerprint density at radius 2 is 2.16 bits per heavy atom. The fourth-order valence-electron chi connectivity index (χ4n) is 2.19. The van der Waals surface area contributed by atoms with Crippen LogP contribution in [-0.4, -0.2) is 36.9 Å². The van der Waals surface area contributed by atoms with Crippen LogP contribution in [-0.2, 0) is 9.59 Å². The highest BCUT2D eigenvalue weighted by Crippen LogP contribution is 2.24. The largest absolute Gasteiger partial charge is 0.355 e. The van der Waals surface area contributed by atoms with Gasteiger partial charge >= 0.3 is 0 Å². The number of nitrogens with zero attached hydrogens (tertiary/aromatic N) is 1. The minimum absolute atomic E-state index is 0.0900. The summed E-state index contributed by atoms with van der Waals surface area (Å²) in [6, 6.07) is 9.50. The molecule has 0 spiro atoms. The first-order chi connectivity index (χ1) is 9.24. The lowest BCUT2D eigenvalue weighted by molar-refractivity contribution is -0.132. The van der Waals surface area contributed by atoms with Crippen LogP contribution in [0.5, 0.6) is 0 Å². The van der Waals surface area contributed by atoms with E-state index in [0.717, 1.165) is 11.4 Å². The van der Waals surface area contributed by atoms with E-state index in [-0.39, 0.29) is 11.8 Å². The van der Waals surface area contributed by atoms with Crippen LogP contribution in [0.3, 0.4) is 0 Å². The van der Waals surface area contributed by atoms with Gasteiger partial charge in [-0.2, -0.15) is 11.8 Å². The summed E-state index contributed by atoms with van der Waals surface area (Å²) in [6.45, 7) is 1.23. The molecule has 2 amide bonds. The standard InChI is InChI=1S/C14H18N2O2S/c1-19-10-8-15-13(17)12-7-9-16(14(12)18)11-5-3-2-4-6-11/h2-6,12H,7-10H2,1H3,(H,15,17). The molecular formula is C14H18N2O2S. The van der Waals surface area contributed by atoms with Crippen LogP contribution < -0.4 is 10.2 Å². The highest BCUT2D eigenvalue weighted by Gasteiger charge is 2.37. The third-order valence-corrected chi connectivity index (χ3v) is 3.81. The molecule has 19 heavy (non-hydrogen) atoms. The number of para-hydroxylation sites is 1. The Morgan fingerprint density at radius 1 is 1.42 bits per heavy atom. The summed E-state index contributed by atoms with van der Waals surface area (Å²) in [7, 11) is 0. The Morgan fingerprint density at radius 3 is 2.84 bits per heavy atom. The molecule has 1 atom stereocenters. The van der Waals surface area contributed by atoms with E-state index in [9.17, 15) is 9.59 Å². The van der Waals surface area contributed by atoms with Crippen LogP contribution in [0.4, 0.5) is 5.69 Å². The van der Waals surface area contributed by atoms with Gasteiger partial charge in [0.1, 0.15) is 5.92 Å². The van der Waals surface area contributed by atoms with Gasteiger partial charge in [-0.3, -0.25) is 9.59 Å². The van der Waals surface area contributed by atoms with Gasteiger partial charge in [0.15, 0.2) is 0 Å². The summed E-state index contributed by atoms with van der Waals surface area (Å²) in [5.41, 5.74) is 0.868. The number of rotatable bonds is 5. The molecular weight excluding hydrogens is 260 g/mol. The summed E-state index contributed by atoms with van der Waals surface area (Å²) < 4.78 is 0. The first kappa shape index (κ1) is 13.9. The van der Waals surface area contributed by atoms with Gasteiger partial charge in [0.2, 0.25) is 11.8 Å². The number of hydrogen-bond acceptors (Lipinski definition) is 3. The van der Waals surface area contributed by atoms with Crippen molar-refractivity contribution in [2.75, 3.05) is 30.0 Å². The van der Waals surface area contributed by atoms with E-state index in [2.05, 4.69) is 5.32 Å². The molecule has 0 aliphatic carbocycles. The zero-order chi connectivity index (χ0) is 13.7. The van der Waals surface area contributed by atoms with E-state index in [0.29, 0.717) is 19.5 Å². The molecule has 1 fully saturated rings. The topological polar surface area (TPSA) is 49.4 Å². The molecule has 0 bridgehead atoms. The molecule has 1 aromatic carbocycles. The molecule has 102 valence electrons. The first-order valence-electron chi connectivity index (χ1n) is 6.37. The van der Waals surface area contributed by atoms with Crippen molar-refractivity contribution in [2.45, 2.75) is 6.42 Å². The van der Waals surface area contributed by atoms with Crippen molar-refractivity contribution in [3.8, 4) is 0 Å². The van der Waals surface area contributed by atoms with E-state index in [1.807, 2.05) is 36.6 Å². The van der Waals surface area contributed by atoms with Crippen LogP contribution in [0, 0.1) is 5.92 Å². The molecule has 1 N–H and O–H groups in total.